The monoisotopic (exact) mass is 856 g/mol. The zero-order chi connectivity index (χ0) is 44.5. The van der Waals surface area contributed by atoms with Gasteiger partial charge in [0.25, 0.3) is 6.01 Å². The number of carbonyl (C=O) groups excluding carboxylic acids is 2. The highest BCUT2D eigenvalue weighted by molar-refractivity contribution is 6.05. The average Bonchev–Trinajstić information content (AvgIpc) is 3.67. The molecule has 0 aliphatic heterocycles. The number of nitrogens with two attached hydrogens (primary N) is 2. The average molecular weight is 857 g/mol. The van der Waals surface area contributed by atoms with E-state index in [0.29, 0.717) is 36.0 Å². The van der Waals surface area contributed by atoms with Gasteiger partial charge in [-0.1, -0.05) is 152 Å². The van der Waals surface area contributed by atoms with Crippen molar-refractivity contribution in [3.8, 4) is 17.1 Å². The van der Waals surface area contributed by atoms with Crippen LogP contribution in [-0.2, 0) is 26.3 Å². The molecule has 1 fully saturated rings. The number of fused-ring (bicyclic) bond motifs is 1. The molecule has 0 bridgehead atoms. The van der Waals surface area contributed by atoms with Crippen molar-refractivity contribution in [2.75, 3.05) is 6.61 Å². The molecule has 0 spiro atoms. The Labute approximate surface area is 373 Å². The van der Waals surface area contributed by atoms with E-state index in [1.54, 1.807) is 17.1 Å². The van der Waals surface area contributed by atoms with Crippen molar-refractivity contribution in [2.24, 2.45) is 16.8 Å². The third-order valence-electron chi connectivity index (χ3n) is 11.6. The lowest BCUT2D eigenvalue weighted by molar-refractivity contribution is -0.0914. The summed E-state index contributed by atoms with van der Waals surface area (Å²) in [6.45, 7) is 4.04. The van der Waals surface area contributed by atoms with Crippen molar-refractivity contribution in [3.63, 3.8) is 0 Å². The molecule has 6 aromatic carbocycles. The molecular formula is C52H52N6O6. The van der Waals surface area contributed by atoms with Gasteiger partial charge in [-0.25, -0.2) is 15.4 Å². The lowest BCUT2D eigenvalue weighted by atomic mass is 9.76. The maximum atomic E-state index is 13.7. The Hall–Kier alpha value is -7.44. The standard InChI is InChI=1S/C52H52N6O6/c1-3-61-50-55-46-30-18-29-45(49(59)62-36(2)63-51(60)64-42-25-14-7-15-26-42)47(46)57(50)35-37-31-33-38(34-32-37)43-27-16-17-28-44(43)48(56-53)58(54)52(39-19-8-4-9-20-39,40-21-10-5-11-22-40)41-23-12-6-13-24-41/h4-6,8-13,16-24,27-34,36,42H,3,7,14-15,25-26,35,53-54H2,1-2H3/b56-48-. The fourth-order valence-electron chi connectivity index (χ4n) is 8.71. The SMILES string of the molecule is CCOc1nc2cccc(C(=O)OC(C)OC(=O)OC3CCCCC3)c2n1Cc1ccc(-c2ccccc2/C(=N/N)N(N)C(c2ccccc2)(c2ccccc2)c2ccccc2)cc1. The molecule has 1 aliphatic carbocycles. The molecule has 0 radical (unpaired) electrons. The van der Waals surface area contributed by atoms with Gasteiger partial charge in [-0.3, -0.25) is 9.58 Å². The zero-order valence-corrected chi connectivity index (χ0v) is 36.0. The van der Waals surface area contributed by atoms with Crippen molar-refractivity contribution in [2.45, 2.75) is 70.4 Å². The second kappa shape index (κ2) is 19.7. The van der Waals surface area contributed by atoms with Crippen molar-refractivity contribution < 1.29 is 28.5 Å². The molecule has 12 nitrogen and oxygen atoms in total. The minimum atomic E-state index is -1.18. The summed E-state index contributed by atoms with van der Waals surface area (Å²) in [6.07, 6.45) is 2.50. The van der Waals surface area contributed by atoms with Crippen molar-refractivity contribution in [1.82, 2.24) is 14.6 Å². The predicted octanol–water partition coefficient (Wildman–Crippen LogP) is 9.93. The highest BCUT2D eigenvalue weighted by atomic mass is 16.8. The Morgan fingerprint density at radius 3 is 1.92 bits per heavy atom. The van der Waals surface area contributed by atoms with Crippen LogP contribution >= 0.6 is 0 Å². The van der Waals surface area contributed by atoms with Crippen LogP contribution in [0.2, 0.25) is 0 Å². The third-order valence-corrected chi connectivity index (χ3v) is 11.6. The number of carbonyl (C=O) groups is 2. The van der Waals surface area contributed by atoms with Gasteiger partial charge in [-0.15, -0.1) is 0 Å². The van der Waals surface area contributed by atoms with E-state index < -0.39 is 24.0 Å². The van der Waals surface area contributed by atoms with Gasteiger partial charge >= 0.3 is 12.1 Å². The number of hydrazine groups is 1. The molecule has 326 valence electrons. The molecule has 1 unspecified atom stereocenters. The first-order valence-electron chi connectivity index (χ1n) is 21.7. The zero-order valence-electron chi connectivity index (χ0n) is 36.0. The normalized spacial score (nSPS) is 13.8. The van der Waals surface area contributed by atoms with E-state index in [1.165, 1.54) is 6.92 Å². The van der Waals surface area contributed by atoms with Crippen LogP contribution in [-0.4, -0.2) is 51.5 Å². The number of hydrogen-bond acceptors (Lipinski definition) is 10. The molecule has 0 saturated heterocycles. The highest BCUT2D eigenvalue weighted by Gasteiger charge is 2.43. The number of hydrogen-bond donors (Lipinski definition) is 2. The van der Waals surface area contributed by atoms with E-state index in [1.807, 2.05) is 121 Å². The van der Waals surface area contributed by atoms with E-state index in [9.17, 15) is 9.59 Å². The van der Waals surface area contributed by atoms with E-state index in [-0.39, 0.29) is 11.7 Å². The van der Waals surface area contributed by atoms with Crippen LogP contribution in [0.1, 0.15) is 84.1 Å². The number of ether oxygens (including phenoxy) is 4. The molecule has 1 aromatic heterocycles. The summed E-state index contributed by atoms with van der Waals surface area (Å²) >= 11 is 0. The van der Waals surface area contributed by atoms with Crippen molar-refractivity contribution >= 4 is 29.0 Å². The van der Waals surface area contributed by atoms with Crippen LogP contribution in [0.3, 0.4) is 0 Å². The maximum Gasteiger partial charge on any atom is 0.511 e. The molecule has 1 saturated carbocycles. The van der Waals surface area contributed by atoms with Crippen molar-refractivity contribution in [1.29, 1.82) is 0 Å². The number of nitrogens with zero attached hydrogens (tertiary/aromatic N) is 4. The topological polar surface area (TPSA) is 157 Å². The van der Waals surface area contributed by atoms with Gasteiger partial charge in [0.05, 0.1) is 29.7 Å². The number of para-hydroxylation sites is 1. The summed E-state index contributed by atoms with van der Waals surface area (Å²) in [4.78, 5) is 30.9. The number of aromatic nitrogens is 2. The second-order valence-corrected chi connectivity index (χ2v) is 15.7. The van der Waals surface area contributed by atoms with Gasteiger partial charge in [0, 0.05) is 12.5 Å². The van der Waals surface area contributed by atoms with Gasteiger partial charge in [-0.2, -0.15) is 10.1 Å². The summed E-state index contributed by atoms with van der Waals surface area (Å²) in [5, 5.41) is 6.09. The Balaban J connectivity index is 1.09. The van der Waals surface area contributed by atoms with Gasteiger partial charge in [0.15, 0.2) is 5.84 Å². The molecule has 1 aliphatic rings. The summed E-state index contributed by atoms with van der Waals surface area (Å²) in [5.41, 5.74) is 6.51. The summed E-state index contributed by atoms with van der Waals surface area (Å²) < 4.78 is 24.3. The molecule has 8 rings (SSSR count). The third kappa shape index (κ3) is 8.91. The van der Waals surface area contributed by atoms with E-state index in [0.717, 1.165) is 71.0 Å². The Kier molecular flexibility index (Phi) is 13.3. The van der Waals surface area contributed by atoms with Gasteiger partial charge in [0.1, 0.15) is 11.6 Å². The number of benzene rings is 6. The molecule has 12 heteroatoms. The first-order chi connectivity index (χ1) is 31.3. The number of rotatable bonds is 14. The molecule has 64 heavy (non-hydrogen) atoms. The Morgan fingerprint density at radius 2 is 1.33 bits per heavy atom. The summed E-state index contributed by atoms with van der Waals surface area (Å²) in [7, 11) is 0. The minimum absolute atomic E-state index is 0.188. The molecule has 7 aromatic rings. The molecular weight excluding hydrogens is 805 g/mol. The first-order valence-corrected chi connectivity index (χ1v) is 21.7. The smallest absolute Gasteiger partial charge is 0.465 e. The molecule has 4 N–H and O–H groups in total. The summed E-state index contributed by atoms with van der Waals surface area (Å²) in [5.74, 6) is 13.5. The lowest BCUT2D eigenvalue weighted by Crippen LogP contribution is -2.55. The van der Waals surface area contributed by atoms with Crippen molar-refractivity contribution in [3.05, 3.63) is 191 Å². The van der Waals surface area contributed by atoms with Gasteiger partial charge in [0.2, 0.25) is 6.29 Å². The van der Waals surface area contributed by atoms with Crippen LogP contribution in [0.25, 0.3) is 22.2 Å². The van der Waals surface area contributed by atoms with Gasteiger partial charge in [-0.05, 0) is 78.1 Å². The first kappa shape index (κ1) is 43.2. The van der Waals surface area contributed by atoms with Crippen LogP contribution < -0.4 is 16.4 Å². The predicted molar refractivity (Wildman–Crippen MR) is 247 cm³/mol. The van der Waals surface area contributed by atoms with Crippen LogP contribution in [0.15, 0.2) is 163 Å². The number of esters is 1. The largest absolute Gasteiger partial charge is 0.511 e. The second-order valence-electron chi connectivity index (χ2n) is 15.7. The lowest BCUT2D eigenvalue weighted by Gasteiger charge is -2.44. The van der Waals surface area contributed by atoms with E-state index >= 15 is 0 Å². The Bertz CT molecular complexity index is 2600. The van der Waals surface area contributed by atoms with E-state index in [2.05, 4.69) is 41.5 Å². The Morgan fingerprint density at radius 1 is 0.750 bits per heavy atom. The summed E-state index contributed by atoms with van der Waals surface area (Å²) in [6, 6.07) is 51.9. The van der Waals surface area contributed by atoms with Crippen LogP contribution in [0.5, 0.6) is 6.01 Å². The molecule has 1 atom stereocenters. The highest BCUT2D eigenvalue weighted by Crippen LogP contribution is 2.42. The molecule has 1 heterocycles. The number of amidine groups is 1. The number of hydrazone groups is 1. The van der Waals surface area contributed by atoms with Crippen LogP contribution in [0, 0.1) is 0 Å². The quantitative estimate of drug-likeness (QED) is 0.0205. The van der Waals surface area contributed by atoms with Gasteiger partial charge < -0.3 is 24.8 Å². The fourth-order valence-corrected chi connectivity index (χ4v) is 8.71. The maximum absolute atomic E-state index is 13.7. The minimum Gasteiger partial charge on any atom is -0.465 e. The fraction of sp³-hybridized carbons (Fsp3) is 0.231. The van der Waals surface area contributed by atoms with E-state index in [4.69, 9.17) is 35.6 Å². The molecule has 0 amide bonds. The van der Waals surface area contributed by atoms with Crippen LogP contribution in [0.4, 0.5) is 4.79 Å². The number of imidazole rings is 1.